The van der Waals surface area contributed by atoms with Crippen LogP contribution in [0.3, 0.4) is 0 Å². The van der Waals surface area contributed by atoms with E-state index in [-0.39, 0.29) is 0 Å². The van der Waals surface area contributed by atoms with Gasteiger partial charge < -0.3 is 30.7 Å². The molecule has 10 nitrogen and oxygen atoms in total. The molecule has 0 bridgehead atoms. The highest BCUT2D eigenvalue weighted by Crippen LogP contribution is 2.37. The Bertz CT molecular complexity index is 805. The van der Waals surface area contributed by atoms with E-state index in [9.17, 15) is 15.3 Å². The number of aliphatic hydroxyl groups is 3. The van der Waals surface area contributed by atoms with Crippen molar-refractivity contribution in [1.29, 1.82) is 0 Å². The van der Waals surface area contributed by atoms with Gasteiger partial charge in [-0.15, -0.1) is 0 Å². The van der Waals surface area contributed by atoms with Gasteiger partial charge in [-0.05, 0) is 0 Å². The number of nitrogens with zero attached hydrogens (tertiary/aromatic N) is 5. The third-order valence-corrected chi connectivity index (χ3v) is 4.17. The van der Waals surface area contributed by atoms with Crippen LogP contribution >= 0.6 is 0 Å². The van der Waals surface area contributed by atoms with Crippen LogP contribution in [-0.2, 0) is 4.74 Å². The second-order valence-electron chi connectivity index (χ2n) is 5.61. The lowest BCUT2D eigenvalue weighted by molar-refractivity contribution is -0.0567. The summed E-state index contributed by atoms with van der Waals surface area (Å²) in [6, 6.07) is 0. The molecule has 4 heterocycles. The number of aromatic nitrogens is 4. The molecule has 0 saturated carbocycles. The molecule has 0 aliphatic carbocycles. The van der Waals surface area contributed by atoms with Gasteiger partial charge in [0.1, 0.15) is 36.2 Å². The zero-order valence-electron chi connectivity index (χ0n) is 12.2. The molecule has 0 radical (unpaired) electrons. The molecule has 2 aliphatic heterocycles. The van der Waals surface area contributed by atoms with E-state index < -0.39 is 31.1 Å². The van der Waals surface area contributed by atoms with Crippen LogP contribution in [0, 0.1) is 0 Å². The van der Waals surface area contributed by atoms with Gasteiger partial charge in [-0.25, -0.2) is 14.6 Å². The van der Waals surface area contributed by atoms with Crippen LogP contribution in [-0.4, -0.2) is 67.0 Å². The van der Waals surface area contributed by atoms with Gasteiger partial charge >= 0.3 is 0 Å². The minimum absolute atomic E-state index is 0.411. The lowest BCUT2D eigenvalue weighted by Gasteiger charge is -2.19. The number of hydrogen-bond donors (Lipinski definition) is 4. The predicted molar refractivity (Wildman–Crippen MR) is 78.9 cm³/mol. The molecule has 10 heteroatoms. The average Bonchev–Trinajstić information content (AvgIpc) is 3.05. The number of ether oxygens (including phenoxy) is 1. The van der Waals surface area contributed by atoms with Crippen LogP contribution in [0.4, 0.5) is 5.82 Å². The zero-order chi connectivity index (χ0) is 16.3. The largest absolute Gasteiger partial charge is 0.396 e. The first-order chi connectivity index (χ1) is 11.0. The van der Waals surface area contributed by atoms with Crippen LogP contribution in [0.25, 0.3) is 16.7 Å². The Kier molecular flexibility index (Phi) is 3.03. The maximum Gasteiger partial charge on any atom is 0.181 e. The summed E-state index contributed by atoms with van der Waals surface area (Å²) < 4.78 is 6.90. The SMILES string of the molecule is CN1C=C(N)c2nn([C@@H]3O[C@H](CO)[C@@H](O)[C@H]3O)c3ncnc1c23. The summed E-state index contributed by atoms with van der Waals surface area (Å²) >= 11 is 0. The van der Waals surface area contributed by atoms with E-state index in [0.29, 0.717) is 28.2 Å². The van der Waals surface area contributed by atoms with Crippen LogP contribution in [0.2, 0.25) is 0 Å². The summed E-state index contributed by atoms with van der Waals surface area (Å²) in [5.74, 6) is 0.636. The summed E-state index contributed by atoms with van der Waals surface area (Å²) in [6.45, 7) is -0.411. The van der Waals surface area contributed by atoms with Crippen molar-refractivity contribution in [2.24, 2.45) is 5.73 Å². The molecule has 5 N–H and O–H groups in total. The molecular formula is C13H16N6O4. The number of rotatable bonds is 2. The lowest BCUT2D eigenvalue weighted by atomic mass is 10.1. The van der Waals surface area contributed by atoms with Gasteiger partial charge in [-0.1, -0.05) is 0 Å². The molecule has 0 unspecified atom stereocenters. The maximum atomic E-state index is 10.2. The van der Waals surface area contributed by atoms with Gasteiger partial charge in [-0.2, -0.15) is 5.10 Å². The Labute approximate surface area is 130 Å². The Morgan fingerprint density at radius 3 is 2.78 bits per heavy atom. The first-order valence-electron chi connectivity index (χ1n) is 7.09. The van der Waals surface area contributed by atoms with Gasteiger partial charge in [0.25, 0.3) is 0 Å². The smallest absolute Gasteiger partial charge is 0.181 e. The Morgan fingerprint density at radius 2 is 2.09 bits per heavy atom. The topological polar surface area (TPSA) is 143 Å². The van der Waals surface area contributed by atoms with Crippen molar-refractivity contribution >= 4 is 22.5 Å². The van der Waals surface area contributed by atoms with E-state index in [1.165, 1.54) is 11.0 Å². The first kappa shape index (κ1) is 14.3. The van der Waals surface area contributed by atoms with E-state index >= 15 is 0 Å². The number of nitrogens with two attached hydrogens (primary N) is 1. The van der Waals surface area contributed by atoms with Crippen LogP contribution in [0.5, 0.6) is 0 Å². The normalized spacial score (nSPS) is 30.1. The van der Waals surface area contributed by atoms with Gasteiger partial charge in [0.2, 0.25) is 0 Å². The summed E-state index contributed by atoms with van der Waals surface area (Å²) in [7, 11) is 1.81. The van der Waals surface area contributed by atoms with Gasteiger partial charge in [0, 0.05) is 13.2 Å². The van der Waals surface area contributed by atoms with Crippen LogP contribution < -0.4 is 10.6 Å². The zero-order valence-corrected chi connectivity index (χ0v) is 12.2. The lowest BCUT2D eigenvalue weighted by Crippen LogP contribution is -2.33. The number of hydrogen-bond acceptors (Lipinski definition) is 9. The standard InChI is InChI=1S/C13H16N6O4/c1-18-2-5(14)8-7-11(18)15-4-16-12(7)19(17-8)13-10(22)9(21)6(3-20)23-13/h2,4,6,9-10,13,20-22H,3,14H2,1H3/t6-,9-,10-,13-/m1/s1. The van der Waals surface area contributed by atoms with Crippen molar-refractivity contribution in [3.05, 3.63) is 18.2 Å². The molecule has 122 valence electrons. The van der Waals surface area contributed by atoms with Crippen LogP contribution in [0.1, 0.15) is 11.9 Å². The van der Waals surface area contributed by atoms with E-state index in [4.69, 9.17) is 10.5 Å². The highest BCUT2D eigenvalue weighted by atomic mass is 16.6. The van der Waals surface area contributed by atoms with Gasteiger partial charge in [0.05, 0.1) is 17.7 Å². The number of aliphatic hydroxyl groups excluding tert-OH is 3. The van der Waals surface area contributed by atoms with E-state index in [2.05, 4.69) is 15.1 Å². The van der Waals surface area contributed by atoms with Crippen LogP contribution in [0.15, 0.2) is 12.5 Å². The summed E-state index contributed by atoms with van der Waals surface area (Å²) in [5, 5.41) is 34.4. The van der Waals surface area contributed by atoms with Crippen molar-refractivity contribution in [1.82, 2.24) is 19.7 Å². The fourth-order valence-electron chi connectivity index (χ4n) is 3.02. The minimum Gasteiger partial charge on any atom is -0.396 e. The molecule has 2 aromatic rings. The minimum atomic E-state index is -1.25. The maximum absolute atomic E-state index is 10.2. The fraction of sp³-hybridized carbons (Fsp3) is 0.462. The summed E-state index contributed by atoms with van der Waals surface area (Å²) in [4.78, 5) is 10.2. The van der Waals surface area contributed by atoms with E-state index in [0.717, 1.165) is 0 Å². The first-order valence-corrected chi connectivity index (χ1v) is 7.09. The quantitative estimate of drug-likeness (QED) is 0.501. The Morgan fingerprint density at radius 1 is 1.30 bits per heavy atom. The molecule has 0 amide bonds. The second-order valence-corrected chi connectivity index (χ2v) is 5.61. The Hall–Kier alpha value is -2.27. The molecule has 1 fully saturated rings. The molecule has 0 spiro atoms. The van der Waals surface area contributed by atoms with Crippen molar-refractivity contribution in [3.8, 4) is 0 Å². The predicted octanol–water partition coefficient (Wildman–Crippen LogP) is -1.86. The van der Waals surface area contributed by atoms with E-state index in [1.807, 2.05) is 0 Å². The van der Waals surface area contributed by atoms with Gasteiger partial charge in [0.15, 0.2) is 11.9 Å². The highest BCUT2D eigenvalue weighted by molar-refractivity contribution is 5.99. The molecule has 2 aliphatic rings. The molecule has 4 atom stereocenters. The summed E-state index contributed by atoms with van der Waals surface area (Å²) in [6.07, 6.45) is -1.25. The monoisotopic (exact) mass is 320 g/mol. The van der Waals surface area contributed by atoms with E-state index in [1.54, 1.807) is 18.1 Å². The third kappa shape index (κ3) is 1.86. The number of anilines is 1. The second kappa shape index (κ2) is 4.86. The molecule has 2 aromatic heterocycles. The van der Waals surface area contributed by atoms with Crippen molar-refractivity contribution < 1.29 is 20.1 Å². The van der Waals surface area contributed by atoms with Crippen molar-refractivity contribution in [3.63, 3.8) is 0 Å². The molecule has 0 aromatic carbocycles. The fourth-order valence-corrected chi connectivity index (χ4v) is 3.02. The molecule has 4 rings (SSSR count). The Balaban J connectivity index is 1.89. The van der Waals surface area contributed by atoms with Crippen molar-refractivity contribution in [2.45, 2.75) is 24.5 Å². The molecule has 1 saturated heterocycles. The summed E-state index contributed by atoms with van der Waals surface area (Å²) in [5.41, 5.74) is 7.38. The average molecular weight is 320 g/mol. The molecule has 23 heavy (non-hydrogen) atoms. The highest BCUT2D eigenvalue weighted by Gasteiger charge is 2.45. The third-order valence-electron chi connectivity index (χ3n) is 4.17. The van der Waals surface area contributed by atoms with Crippen molar-refractivity contribution in [2.75, 3.05) is 18.6 Å². The van der Waals surface area contributed by atoms with Gasteiger partial charge in [-0.3, -0.25) is 0 Å². The molecular weight excluding hydrogens is 304 g/mol.